The molecule has 0 atom stereocenters. The molecule has 0 aliphatic carbocycles. The van der Waals surface area contributed by atoms with E-state index in [4.69, 9.17) is 0 Å². The summed E-state index contributed by atoms with van der Waals surface area (Å²) < 4.78 is 1.56. The summed E-state index contributed by atoms with van der Waals surface area (Å²) in [6, 6.07) is 9.53. The Morgan fingerprint density at radius 1 is 1.22 bits per heavy atom. The maximum Gasteiger partial charge on any atom is 0.291 e. The first-order valence-electron chi connectivity index (χ1n) is 8.90. The van der Waals surface area contributed by atoms with E-state index >= 15 is 0 Å². The molecule has 0 bridgehead atoms. The van der Waals surface area contributed by atoms with Crippen LogP contribution in [0.1, 0.15) is 40.4 Å². The lowest BCUT2D eigenvalue weighted by Crippen LogP contribution is -2.25. The summed E-state index contributed by atoms with van der Waals surface area (Å²) in [4.78, 5) is 34.6. The number of hydrogen-bond acceptors (Lipinski definition) is 5. The largest absolute Gasteiger partial charge is 0.345 e. The second-order valence-electron chi connectivity index (χ2n) is 6.69. The molecule has 8 heteroatoms. The van der Waals surface area contributed by atoms with E-state index in [9.17, 15) is 9.59 Å². The number of aryl methyl sites for hydroxylation is 2. The maximum absolute atomic E-state index is 12.4. The molecular weight excluding hydrogens is 344 g/mol. The number of anilines is 1. The van der Waals surface area contributed by atoms with E-state index in [1.165, 1.54) is 0 Å². The molecule has 27 heavy (non-hydrogen) atoms. The fourth-order valence-corrected chi connectivity index (χ4v) is 3.28. The van der Waals surface area contributed by atoms with Crippen LogP contribution in [0.15, 0.2) is 30.3 Å². The molecule has 3 heterocycles. The van der Waals surface area contributed by atoms with Crippen molar-refractivity contribution >= 4 is 23.3 Å². The Hall–Kier alpha value is -3.29. The van der Waals surface area contributed by atoms with Crippen LogP contribution in [0.3, 0.4) is 0 Å². The molecule has 1 aliphatic heterocycles. The summed E-state index contributed by atoms with van der Waals surface area (Å²) in [5.41, 5.74) is 3.47. The maximum atomic E-state index is 12.4. The topological polar surface area (TPSA) is 92.5 Å². The van der Waals surface area contributed by atoms with Crippen molar-refractivity contribution in [2.24, 2.45) is 0 Å². The number of carbonyl (C=O) groups excluding carboxylic acids is 2. The van der Waals surface area contributed by atoms with Gasteiger partial charge in [0.2, 0.25) is 11.7 Å². The summed E-state index contributed by atoms with van der Waals surface area (Å²) in [5.74, 6) is 0.276. The van der Waals surface area contributed by atoms with Crippen LogP contribution >= 0.6 is 0 Å². The molecule has 1 fully saturated rings. The van der Waals surface area contributed by atoms with Gasteiger partial charge in [-0.15, -0.1) is 5.10 Å². The highest BCUT2D eigenvalue weighted by atomic mass is 16.2. The zero-order valence-electron chi connectivity index (χ0n) is 15.3. The van der Waals surface area contributed by atoms with Crippen LogP contribution in [0.5, 0.6) is 0 Å². The predicted octanol–water partition coefficient (Wildman–Crippen LogP) is 1.80. The van der Waals surface area contributed by atoms with Crippen molar-refractivity contribution in [1.82, 2.24) is 24.9 Å². The van der Waals surface area contributed by atoms with Crippen LogP contribution in [0.4, 0.5) is 5.69 Å². The number of nitrogens with zero attached hydrogens (tertiary/aromatic N) is 5. The van der Waals surface area contributed by atoms with E-state index in [0.717, 1.165) is 35.6 Å². The van der Waals surface area contributed by atoms with E-state index in [-0.39, 0.29) is 17.6 Å². The molecule has 3 aromatic rings. The van der Waals surface area contributed by atoms with E-state index in [2.05, 4.69) is 20.4 Å². The summed E-state index contributed by atoms with van der Waals surface area (Å²) in [7, 11) is 0. The van der Waals surface area contributed by atoms with Crippen molar-refractivity contribution in [3.63, 3.8) is 0 Å². The second-order valence-corrected chi connectivity index (χ2v) is 6.69. The number of aromatic nitrogens is 4. The van der Waals surface area contributed by atoms with E-state index in [1.54, 1.807) is 9.42 Å². The third-order valence-electron chi connectivity index (χ3n) is 4.57. The Balaban J connectivity index is 1.48. The van der Waals surface area contributed by atoms with E-state index in [1.807, 2.05) is 44.2 Å². The Morgan fingerprint density at radius 2 is 2.07 bits per heavy atom. The molecule has 1 aliphatic rings. The van der Waals surface area contributed by atoms with Crippen molar-refractivity contribution < 1.29 is 9.59 Å². The van der Waals surface area contributed by atoms with Crippen LogP contribution in [-0.4, -0.2) is 37.9 Å². The zero-order valence-corrected chi connectivity index (χ0v) is 15.3. The van der Waals surface area contributed by atoms with Gasteiger partial charge in [-0.05, 0) is 44.0 Å². The van der Waals surface area contributed by atoms with E-state index in [0.29, 0.717) is 18.7 Å². The fourth-order valence-electron chi connectivity index (χ4n) is 3.28. The molecule has 0 saturated carbocycles. The Labute approximate surface area is 156 Å². The van der Waals surface area contributed by atoms with Gasteiger partial charge < -0.3 is 10.2 Å². The minimum Gasteiger partial charge on any atom is -0.345 e. The molecule has 138 valence electrons. The highest BCUT2D eigenvalue weighted by Crippen LogP contribution is 2.22. The van der Waals surface area contributed by atoms with Crippen LogP contribution in [0.2, 0.25) is 0 Å². The first-order valence-corrected chi connectivity index (χ1v) is 8.90. The molecule has 2 aromatic heterocycles. The highest BCUT2D eigenvalue weighted by Gasteiger charge is 2.21. The summed E-state index contributed by atoms with van der Waals surface area (Å²) in [6.07, 6.45) is 1.47. The molecule has 8 nitrogen and oxygen atoms in total. The van der Waals surface area contributed by atoms with Crippen molar-refractivity contribution in [2.75, 3.05) is 11.4 Å². The fraction of sp³-hybridized carbons (Fsp3) is 0.316. The predicted molar refractivity (Wildman–Crippen MR) is 99.5 cm³/mol. The van der Waals surface area contributed by atoms with Crippen LogP contribution in [-0.2, 0) is 11.3 Å². The van der Waals surface area contributed by atoms with Crippen LogP contribution in [0, 0.1) is 13.8 Å². The van der Waals surface area contributed by atoms with Gasteiger partial charge in [-0.3, -0.25) is 9.59 Å². The van der Waals surface area contributed by atoms with Crippen molar-refractivity contribution in [3.05, 3.63) is 53.1 Å². The van der Waals surface area contributed by atoms with Gasteiger partial charge in [-0.2, -0.15) is 4.98 Å². The standard InChI is InChI=1S/C19H20N6O2/c1-12-9-13(2)25-19(21-12)22-17(23-25)18(27)20-11-14-5-3-6-15(10-14)24-8-4-7-16(24)26/h3,5-6,9-10H,4,7-8,11H2,1-2H3,(H,20,27). The zero-order chi connectivity index (χ0) is 19.0. The Bertz CT molecular complexity index is 1040. The number of rotatable bonds is 4. The minimum absolute atomic E-state index is 0.0853. The van der Waals surface area contributed by atoms with Gasteiger partial charge in [0, 0.05) is 36.6 Å². The van der Waals surface area contributed by atoms with Crippen LogP contribution < -0.4 is 10.2 Å². The van der Waals surface area contributed by atoms with Gasteiger partial charge >= 0.3 is 0 Å². The van der Waals surface area contributed by atoms with E-state index < -0.39 is 0 Å². The molecule has 1 N–H and O–H groups in total. The van der Waals surface area contributed by atoms with Gasteiger partial charge in [-0.1, -0.05) is 12.1 Å². The summed E-state index contributed by atoms with van der Waals surface area (Å²) >= 11 is 0. The second kappa shape index (κ2) is 6.79. The SMILES string of the molecule is Cc1cc(C)n2nc(C(=O)NCc3cccc(N4CCCC4=O)c3)nc2n1. The highest BCUT2D eigenvalue weighted by molar-refractivity contribution is 5.95. The Kier molecular flexibility index (Phi) is 4.31. The quantitative estimate of drug-likeness (QED) is 0.762. The first kappa shape index (κ1) is 17.1. The number of benzene rings is 1. The number of carbonyl (C=O) groups is 2. The number of nitrogens with one attached hydrogen (secondary N) is 1. The molecule has 1 aromatic carbocycles. The number of hydrogen-bond donors (Lipinski definition) is 1. The molecule has 4 rings (SSSR count). The molecular formula is C19H20N6O2. The van der Waals surface area contributed by atoms with Crippen molar-refractivity contribution in [2.45, 2.75) is 33.2 Å². The van der Waals surface area contributed by atoms with Gasteiger partial charge in [-0.25, -0.2) is 9.50 Å². The van der Waals surface area contributed by atoms with Gasteiger partial charge in [0.15, 0.2) is 0 Å². The normalized spacial score (nSPS) is 14.1. The summed E-state index contributed by atoms with van der Waals surface area (Å²) in [5, 5.41) is 7.07. The first-order chi connectivity index (χ1) is 13.0. The monoisotopic (exact) mass is 364 g/mol. The molecule has 0 spiro atoms. The average molecular weight is 364 g/mol. The van der Waals surface area contributed by atoms with Crippen LogP contribution in [0.25, 0.3) is 5.78 Å². The number of amides is 2. The average Bonchev–Trinajstić information content (AvgIpc) is 3.26. The van der Waals surface area contributed by atoms with Gasteiger partial charge in [0.25, 0.3) is 11.7 Å². The lowest BCUT2D eigenvalue weighted by molar-refractivity contribution is -0.117. The van der Waals surface area contributed by atoms with Gasteiger partial charge in [0.05, 0.1) is 0 Å². The molecule has 1 saturated heterocycles. The Morgan fingerprint density at radius 3 is 2.85 bits per heavy atom. The lowest BCUT2D eigenvalue weighted by Gasteiger charge is -2.16. The van der Waals surface area contributed by atoms with Crippen molar-refractivity contribution in [1.29, 1.82) is 0 Å². The van der Waals surface area contributed by atoms with Crippen molar-refractivity contribution in [3.8, 4) is 0 Å². The third-order valence-corrected chi connectivity index (χ3v) is 4.57. The summed E-state index contributed by atoms with van der Waals surface area (Å²) in [6.45, 7) is 4.84. The smallest absolute Gasteiger partial charge is 0.291 e. The molecule has 0 radical (unpaired) electrons. The third kappa shape index (κ3) is 3.38. The lowest BCUT2D eigenvalue weighted by atomic mass is 10.2. The minimum atomic E-state index is -0.361. The number of fused-ring (bicyclic) bond motifs is 1. The van der Waals surface area contributed by atoms with Gasteiger partial charge in [0.1, 0.15) is 0 Å². The molecule has 0 unspecified atom stereocenters. The molecule has 2 amide bonds.